The number of carbonyl (C=O) groups is 1. The van der Waals surface area contributed by atoms with Crippen molar-refractivity contribution in [2.75, 3.05) is 5.75 Å². The molecule has 25 heavy (non-hydrogen) atoms. The van der Waals surface area contributed by atoms with Crippen LogP contribution in [-0.2, 0) is 0 Å². The average Bonchev–Trinajstić information content (AvgIpc) is 3.03. The second-order valence-electron chi connectivity index (χ2n) is 5.56. The van der Waals surface area contributed by atoms with E-state index in [1.54, 1.807) is 4.68 Å². The van der Waals surface area contributed by atoms with E-state index in [0.29, 0.717) is 5.16 Å². The number of thioether (sulfide) groups is 1. The first kappa shape index (κ1) is 17.0. The highest BCUT2D eigenvalue weighted by Crippen LogP contribution is 2.26. The van der Waals surface area contributed by atoms with Gasteiger partial charge < -0.3 is 10.2 Å². The van der Waals surface area contributed by atoms with Gasteiger partial charge in [-0.3, -0.25) is 4.79 Å². The highest BCUT2D eigenvalue weighted by atomic mass is 32.2. The molecule has 7 nitrogen and oxygen atoms in total. The molecule has 128 valence electrons. The lowest BCUT2D eigenvalue weighted by molar-refractivity contribution is 0.102. The van der Waals surface area contributed by atoms with E-state index in [0.717, 1.165) is 17.3 Å². The molecule has 0 bridgehead atoms. The minimum atomic E-state index is -0.280. The first-order valence-electron chi connectivity index (χ1n) is 7.49. The molecule has 3 rings (SSSR count). The van der Waals surface area contributed by atoms with Crippen LogP contribution in [0.5, 0.6) is 11.5 Å². The highest BCUT2D eigenvalue weighted by Gasteiger charge is 2.16. The summed E-state index contributed by atoms with van der Waals surface area (Å²) in [6, 6.07) is 9.76. The third kappa shape index (κ3) is 3.63. The zero-order valence-electron chi connectivity index (χ0n) is 13.7. The van der Waals surface area contributed by atoms with Crippen molar-refractivity contribution in [2.24, 2.45) is 0 Å². The standard InChI is InChI=1S/C17H16N4O3S/c1-10-3-4-12(7-11(10)2)21-17(18-19-20-21)25-9-16(24)14-6-5-13(22)8-15(14)23/h3-8,22-23H,9H2,1-2H3. The number of rotatable bonds is 5. The number of hydrogen-bond donors (Lipinski definition) is 2. The van der Waals surface area contributed by atoms with Crippen molar-refractivity contribution in [3.63, 3.8) is 0 Å². The number of benzene rings is 2. The van der Waals surface area contributed by atoms with E-state index >= 15 is 0 Å². The lowest BCUT2D eigenvalue weighted by Gasteiger charge is -2.07. The molecule has 0 fully saturated rings. The maximum absolute atomic E-state index is 12.3. The Morgan fingerprint density at radius 3 is 2.64 bits per heavy atom. The first-order valence-corrected chi connectivity index (χ1v) is 8.48. The fraction of sp³-hybridized carbons (Fsp3) is 0.176. The molecule has 2 N–H and O–H groups in total. The minimum Gasteiger partial charge on any atom is -0.508 e. The van der Waals surface area contributed by atoms with Crippen LogP contribution in [0.25, 0.3) is 5.69 Å². The SMILES string of the molecule is Cc1ccc(-n2nnnc2SCC(=O)c2ccc(O)cc2O)cc1C. The fourth-order valence-electron chi connectivity index (χ4n) is 2.25. The van der Waals surface area contributed by atoms with Crippen LogP contribution in [-0.4, -0.2) is 42.0 Å². The van der Waals surface area contributed by atoms with Crippen LogP contribution in [0, 0.1) is 13.8 Å². The van der Waals surface area contributed by atoms with Gasteiger partial charge in [0.15, 0.2) is 5.78 Å². The molecule has 0 aliphatic rings. The molecule has 1 heterocycles. The van der Waals surface area contributed by atoms with Crippen LogP contribution in [0.2, 0.25) is 0 Å². The van der Waals surface area contributed by atoms with Gasteiger partial charge in [-0.15, -0.1) is 5.10 Å². The Morgan fingerprint density at radius 1 is 1.12 bits per heavy atom. The van der Waals surface area contributed by atoms with Crippen molar-refractivity contribution in [3.8, 4) is 17.2 Å². The topological polar surface area (TPSA) is 101 Å². The third-order valence-corrected chi connectivity index (χ3v) is 4.71. The molecule has 3 aromatic rings. The molecule has 0 aliphatic heterocycles. The molecule has 0 radical (unpaired) electrons. The zero-order valence-corrected chi connectivity index (χ0v) is 14.5. The maximum atomic E-state index is 12.3. The van der Waals surface area contributed by atoms with Crippen LogP contribution in [0.4, 0.5) is 0 Å². The molecule has 0 amide bonds. The molecule has 0 saturated carbocycles. The van der Waals surface area contributed by atoms with Crippen molar-refractivity contribution in [2.45, 2.75) is 19.0 Å². The number of hydrogen-bond acceptors (Lipinski definition) is 7. The monoisotopic (exact) mass is 356 g/mol. The second kappa shape index (κ2) is 6.94. The average molecular weight is 356 g/mol. The first-order chi connectivity index (χ1) is 12.0. The largest absolute Gasteiger partial charge is 0.508 e. The van der Waals surface area contributed by atoms with Gasteiger partial charge in [0.25, 0.3) is 0 Å². The number of phenolic OH excluding ortho intramolecular Hbond substituents is 2. The molecule has 0 atom stereocenters. The molecule has 0 spiro atoms. The number of Topliss-reactive ketones (excluding diaryl/α,β-unsaturated/α-hetero) is 1. The summed E-state index contributed by atoms with van der Waals surface area (Å²) in [7, 11) is 0. The zero-order chi connectivity index (χ0) is 18.0. The van der Waals surface area contributed by atoms with Gasteiger partial charge in [-0.05, 0) is 59.7 Å². The number of aromatic nitrogens is 4. The summed E-state index contributed by atoms with van der Waals surface area (Å²) < 4.78 is 1.57. The lowest BCUT2D eigenvalue weighted by atomic mass is 10.1. The summed E-state index contributed by atoms with van der Waals surface area (Å²) in [5.41, 5.74) is 3.25. The minimum absolute atomic E-state index is 0.0591. The molecule has 0 unspecified atom stereocenters. The van der Waals surface area contributed by atoms with Gasteiger partial charge in [-0.25, -0.2) is 0 Å². The fourth-order valence-corrected chi connectivity index (χ4v) is 3.03. The summed E-state index contributed by atoms with van der Waals surface area (Å²) in [5, 5.41) is 31.2. The van der Waals surface area contributed by atoms with E-state index in [2.05, 4.69) is 15.5 Å². The Bertz CT molecular complexity index is 939. The number of aryl methyl sites for hydroxylation is 2. The number of ketones is 1. The molecular weight excluding hydrogens is 340 g/mol. The van der Waals surface area contributed by atoms with Crippen molar-refractivity contribution in [1.82, 2.24) is 20.2 Å². The summed E-state index contributed by atoms with van der Waals surface area (Å²) in [6.07, 6.45) is 0. The van der Waals surface area contributed by atoms with Gasteiger partial charge in [0.05, 0.1) is 17.0 Å². The Kier molecular flexibility index (Phi) is 4.71. The maximum Gasteiger partial charge on any atom is 0.214 e. The van der Waals surface area contributed by atoms with Gasteiger partial charge in [0, 0.05) is 6.07 Å². The number of nitrogens with zero attached hydrogens (tertiary/aromatic N) is 4. The number of phenols is 2. The van der Waals surface area contributed by atoms with E-state index in [1.807, 2.05) is 32.0 Å². The van der Waals surface area contributed by atoms with E-state index < -0.39 is 0 Å². The number of carbonyl (C=O) groups excluding carboxylic acids is 1. The third-order valence-electron chi connectivity index (χ3n) is 3.79. The molecule has 2 aromatic carbocycles. The predicted molar refractivity (Wildman–Crippen MR) is 93.5 cm³/mol. The Hall–Kier alpha value is -2.87. The summed E-state index contributed by atoms with van der Waals surface area (Å²) in [5.74, 6) is -0.569. The predicted octanol–water partition coefficient (Wildman–Crippen LogP) is 2.67. The Morgan fingerprint density at radius 2 is 1.92 bits per heavy atom. The van der Waals surface area contributed by atoms with Crippen LogP contribution in [0.15, 0.2) is 41.6 Å². The molecule has 0 aliphatic carbocycles. The van der Waals surface area contributed by atoms with Crippen LogP contribution >= 0.6 is 11.8 Å². The molecule has 1 aromatic heterocycles. The van der Waals surface area contributed by atoms with E-state index in [4.69, 9.17) is 0 Å². The summed E-state index contributed by atoms with van der Waals surface area (Å²) >= 11 is 1.18. The highest BCUT2D eigenvalue weighted by molar-refractivity contribution is 7.99. The summed E-state index contributed by atoms with van der Waals surface area (Å²) in [4.78, 5) is 12.3. The second-order valence-corrected chi connectivity index (χ2v) is 6.50. The van der Waals surface area contributed by atoms with Crippen molar-refractivity contribution in [1.29, 1.82) is 0 Å². The number of aromatic hydroxyl groups is 2. The van der Waals surface area contributed by atoms with E-state index in [9.17, 15) is 15.0 Å². The van der Waals surface area contributed by atoms with Gasteiger partial charge in [-0.2, -0.15) is 4.68 Å². The van der Waals surface area contributed by atoms with Gasteiger partial charge in [0.1, 0.15) is 11.5 Å². The van der Waals surface area contributed by atoms with E-state index in [-0.39, 0.29) is 28.6 Å². The Balaban J connectivity index is 1.77. The lowest BCUT2D eigenvalue weighted by Crippen LogP contribution is -2.05. The van der Waals surface area contributed by atoms with Crippen molar-refractivity contribution in [3.05, 3.63) is 53.1 Å². The van der Waals surface area contributed by atoms with Gasteiger partial charge >= 0.3 is 0 Å². The molecular formula is C17H16N4O3S. The smallest absolute Gasteiger partial charge is 0.214 e. The van der Waals surface area contributed by atoms with Gasteiger partial charge in [-0.1, -0.05) is 17.8 Å². The van der Waals surface area contributed by atoms with Crippen molar-refractivity contribution < 1.29 is 15.0 Å². The van der Waals surface area contributed by atoms with Crippen LogP contribution in [0.3, 0.4) is 0 Å². The quantitative estimate of drug-likeness (QED) is 0.535. The van der Waals surface area contributed by atoms with Crippen LogP contribution < -0.4 is 0 Å². The van der Waals surface area contributed by atoms with Crippen LogP contribution in [0.1, 0.15) is 21.5 Å². The summed E-state index contributed by atoms with van der Waals surface area (Å²) in [6.45, 7) is 4.03. The van der Waals surface area contributed by atoms with Gasteiger partial charge in [0.2, 0.25) is 5.16 Å². The van der Waals surface area contributed by atoms with E-state index in [1.165, 1.54) is 29.5 Å². The normalized spacial score (nSPS) is 10.8. The Labute approximate surface area is 148 Å². The number of tetrazole rings is 1. The molecule has 8 heteroatoms. The molecule has 0 saturated heterocycles. The van der Waals surface area contributed by atoms with Crippen molar-refractivity contribution >= 4 is 17.5 Å².